The van der Waals surface area contributed by atoms with Crippen molar-refractivity contribution in [3.8, 4) is 22.4 Å². The van der Waals surface area contributed by atoms with Crippen LogP contribution in [0.15, 0.2) is 82.6 Å². The number of benzene rings is 2. The average Bonchev–Trinajstić information content (AvgIpc) is 3.69. The monoisotopic (exact) mass is 523 g/mol. The van der Waals surface area contributed by atoms with Crippen LogP contribution in [0, 0.1) is 12.8 Å². The van der Waals surface area contributed by atoms with E-state index in [0.717, 1.165) is 35.2 Å². The number of carbonyl (C=O) groups is 1. The number of carbonyl (C=O) groups excluding carboxylic acids is 1. The number of nitrogens with zero attached hydrogens (tertiary/aromatic N) is 3. The number of H-pyrrole nitrogens is 1. The van der Waals surface area contributed by atoms with Crippen molar-refractivity contribution in [3.05, 3.63) is 99.5 Å². The molecular formula is C31H33N5O3. The molecule has 1 aliphatic heterocycles. The van der Waals surface area contributed by atoms with Gasteiger partial charge in [-0.1, -0.05) is 60.2 Å². The number of hydrogen-bond donors (Lipinski definition) is 2. The van der Waals surface area contributed by atoms with Crippen LogP contribution in [0.2, 0.25) is 0 Å². The molecule has 0 spiro atoms. The van der Waals surface area contributed by atoms with Gasteiger partial charge in [-0.05, 0) is 55.7 Å². The smallest absolute Gasteiger partial charge is 0.324 e. The van der Waals surface area contributed by atoms with Crippen LogP contribution < -0.4 is 16.6 Å². The Morgan fingerprint density at radius 3 is 2.31 bits per heavy atom. The molecule has 1 saturated heterocycles. The Balaban J connectivity index is 1.16. The second-order valence-corrected chi connectivity index (χ2v) is 10.8. The van der Waals surface area contributed by atoms with Crippen LogP contribution >= 0.6 is 0 Å². The minimum absolute atomic E-state index is 0.0101. The summed E-state index contributed by atoms with van der Waals surface area (Å²) in [6.07, 6.45) is 7.37. The summed E-state index contributed by atoms with van der Waals surface area (Å²) < 4.78 is 3.50. The number of urea groups is 1. The normalized spacial score (nSPS) is 15.9. The zero-order valence-corrected chi connectivity index (χ0v) is 22.1. The summed E-state index contributed by atoms with van der Waals surface area (Å²) in [4.78, 5) is 43.9. The van der Waals surface area contributed by atoms with Gasteiger partial charge in [-0.15, -0.1) is 0 Å². The quantitative estimate of drug-likeness (QED) is 0.361. The zero-order valence-electron chi connectivity index (χ0n) is 22.1. The van der Waals surface area contributed by atoms with E-state index in [0.29, 0.717) is 44.1 Å². The second kappa shape index (κ2) is 10.4. The lowest BCUT2D eigenvalue weighted by atomic mass is 10.0. The molecular weight excluding hydrogens is 490 g/mol. The highest BCUT2D eigenvalue weighted by atomic mass is 16.2. The van der Waals surface area contributed by atoms with Crippen LogP contribution in [0.4, 0.5) is 10.5 Å². The Kier molecular flexibility index (Phi) is 6.69. The molecule has 3 heterocycles. The molecule has 1 saturated carbocycles. The minimum Gasteiger partial charge on any atom is -0.324 e. The van der Waals surface area contributed by atoms with Crippen LogP contribution in [-0.2, 0) is 6.54 Å². The van der Waals surface area contributed by atoms with Crippen LogP contribution in [0.1, 0.15) is 37.3 Å². The molecule has 2 fully saturated rings. The zero-order chi connectivity index (χ0) is 26.9. The number of likely N-dealkylation sites (tertiary alicyclic amines) is 1. The Bertz CT molecular complexity index is 1590. The molecule has 39 heavy (non-hydrogen) atoms. The van der Waals surface area contributed by atoms with Crippen LogP contribution in [-0.4, -0.2) is 38.1 Å². The van der Waals surface area contributed by atoms with Gasteiger partial charge < -0.3 is 19.8 Å². The van der Waals surface area contributed by atoms with Crippen molar-refractivity contribution in [3.63, 3.8) is 0 Å². The predicted molar refractivity (Wildman–Crippen MR) is 153 cm³/mol. The van der Waals surface area contributed by atoms with Crippen molar-refractivity contribution in [2.75, 3.05) is 18.4 Å². The average molecular weight is 524 g/mol. The molecule has 2 aromatic heterocycles. The highest BCUT2D eigenvalue weighted by molar-refractivity contribution is 5.90. The molecule has 0 radical (unpaired) electrons. The molecule has 8 heteroatoms. The van der Waals surface area contributed by atoms with Gasteiger partial charge >= 0.3 is 11.7 Å². The van der Waals surface area contributed by atoms with Gasteiger partial charge in [-0.25, -0.2) is 9.59 Å². The van der Waals surface area contributed by atoms with Crippen LogP contribution in [0.3, 0.4) is 0 Å². The molecule has 0 atom stereocenters. The number of amides is 2. The van der Waals surface area contributed by atoms with Crippen molar-refractivity contribution in [1.29, 1.82) is 0 Å². The van der Waals surface area contributed by atoms with Crippen molar-refractivity contribution in [2.24, 2.45) is 5.92 Å². The molecule has 200 valence electrons. The van der Waals surface area contributed by atoms with Crippen molar-refractivity contribution in [1.82, 2.24) is 19.0 Å². The fourth-order valence-electron chi connectivity index (χ4n) is 5.33. The van der Waals surface area contributed by atoms with E-state index >= 15 is 0 Å². The van der Waals surface area contributed by atoms with Gasteiger partial charge in [-0.3, -0.25) is 9.36 Å². The number of piperidine rings is 1. The fourth-order valence-corrected chi connectivity index (χ4v) is 5.33. The number of hydrogen-bond acceptors (Lipinski definition) is 3. The van der Waals surface area contributed by atoms with E-state index in [1.54, 1.807) is 20.1 Å². The first-order valence-corrected chi connectivity index (χ1v) is 13.7. The topological polar surface area (TPSA) is 92.1 Å². The summed E-state index contributed by atoms with van der Waals surface area (Å²) in [6.45, 7) is 3.72. The van der Waals surface area contributed by atoms with E-state index in [4.69, 9.17) is 0 Å². The maximum Gasteiger partial charge on any atom is 0.326 e. The van der Waals surface area contributed by atoms with Crippen molar-refractivity contribution < 1.29 is 4.79 Å². The highest BCUT2D eigenvalue weighted by Gasteiger charge is 2.27. The van der Waals surface area contributed by atoms with E-state index in [-0.39, 0.29) is 23.3 Å². The summed E-state index contributed by atoms with van der Waals surface area (Å²) >= 11 is 0. The van der Waals surface area contributed by atoms with Gasteiger partial charge in [0.15, 0.2) is 0 Å². The number of pyridine rings is 1. The SMILES string of the molecule is Cc1ccc(-c2cc(NC(=O)N3CCC(n4cc(-c5ccccc5)[nH]c4=O)CC3)c(=O)n(CC3CC3)c2)cc1. The summed E-state index contributed by atoms with van der Waals surface area (Å²) in [7, 11) is 0. The summed E-state index contributed by atoms with van der Waals surface area (Å²) in [5.74, 6) is 0.526. The maximum absolute atomic E-state index is 13.3. The number of anilines is 1. The molecule has 2 aliphatic rings. The Labute approximate surface area is 226 Å². The number of imidazole rings is 1. The first-order chi connectivity index (χ1) is 18.9. The van der Waals surface area contributed by atoms with E-state index < -0.39 is 0 Å². The Morgan fingerprint density at radius 2 is 1.62 bits per heavy atom. The molecule has 0 bridgehead atoms. The standard InChI is InChI=1S/C31H33N5O3/c1-21-7-11-23(12-8-21)25-17-27(29(37)35(19-25)18-22-9-10-22)32-30(38)34-15-13-26(14-16-34)36-20-28(33-31(36)39)24-5-3-2-4-6-24/h2-8,11-12,17,19-20,22,26H,9-10,13-16,18H2,1H3,(H,32,38)(H,33,39). The van der Waals surface area contributed by atoms with E-state index in [9.17, 15) is 14.4 Å². The van der Waals surface area contributed by atoms with Gasteiger partial charge in [0, 0.05) is 43.6 Å². The van der Waals surface area contributed by atoms with E-state index in [1.807, 2.05) is 73.9 Å². The van der Waals surface area contributed by atoms with Crippen molar-refractivity contribution >= 4 is 11.7 Å². The van der Waals surface area contributed by atoms with Gasteiger partial charge in [0.1, 0.15) is 5.69 Å². The first-order valence-electron chi connectivity index (χ1n) is 13.7. The molecule has 1 aliphatic carbocycles. The first kappa shape index (κ1) is 25.0. The Morgan fingerprint density at radius 1 is 0.897 bits per heavy atom. The van der Waals surface area contributed by atoms with Gasteiger partial charge in [0.05, 0.1) is 5.69 Å². The number of nitrogens with one attached hydrogen (secondary N) is 2. The number of aromatic nitrogens is 3. The molecule has 6 rings (SSSR count). The van der Waals surface area contributed by atoms with Crippen LogP contribution in [0.5, 0.6) is 0 Å². The molecule has 0 unspecified atom stereocenters. The fraction of sp³-hybridized carbons (Fsp3) is 0.323. The lowest BCUT2D eigenvalue weighted by Gasteiger charge is -2.32. The minimum atomic E-state index is -0.282. The molecule has 2 amide bonds. The Hall–Kier alpha value is -4.33. The predicted octanol–water partition coefficient (Wildman–Crippen LogP) is 5.26. The van der Waals surface area contributed by atoms with Crippen LogP contribution in [0.25, 0.3) is 22.4 Å². The largest absolute Gasteiger partial charge is 0.326 e. The third-order valence-corrected chi connectivity index (χ3v) is 7.84. The molecule has 4 aromatic rings. The van der Waals surface area contributed by atoms with Crippen molar-refractivity contribution in [2.45, 2.75) is 45.2 Å². The summed E-state index contributed by atoms with van der Waals surface area (Å²) in [5, 5.41) is 2.91. The third-order valence-electron chi connectivity index (χ3n) is 7.84. The number of rotatable bonds is 6. The third kappa shape index (κ3) is 5.46. The lowest BCUT2D eigenvalue weighted by Crippen LogP contribution is -2.43. The molecule has 2 aromatic carbocycles. The highest BCUT2D eigenvalue weighted by Crippen LogP contribution is 2.31. The molecule has 8 nitrogen and oxygen atoms in total. The van der Waals surface area contributed by atoms with Gasteiger partial charge in [-0.2, -0.15) is 0 Å². The number of aromatic amines is 1. The number of aryl methyl sites for hydroxylation is 1. The van der Waals surface area contributed by atoms with Gasteiger partial charge in [0.2, 0.25) is 0 Å². The van der Waals surface area contributed by atoms with Gasteiger partial charge in [0.25, 0.3) is 5.56 Å². The van der Waals surface area contributed by atoms with E-state index in [1.165, 1.54) is 5.56 Å². The summed E-state index contributed by atoms with van der Waals surface area (Å²) in [5.41, 5.74) is 4.82. The lowest BCUT2D eigenvalue weighted by molar-refractivity contribution is 0.183. The summed E-state index contributed by atoms with van der Waals surface area (Å²) in [6, 6.07) is 19.5. The maximum atomic E-state index is 13.3. The second-order valence-electron chi connectivity index (χ2n) is 10.8. The van der Waals surface area contributed by atoms with E-state index in [2.05, 4.69) is 10.3 Å². The molecule has 2 N–H and O–H groups in total.